The minimum absolute atomic E-state index is 0.0715. The highest BCUT2D eigenvalue weighted by Crippen LogP contribution is 2.41. The number of benzene rings is 2. The van der Waals surface area contributed by atoms with Gasteiger partial charge in [0, 0.05) is 35.0 Å². The van der Waals surface area contributed by atoms with E-state index in [1.54, 1.807) is 6.20 Å². The lowest BCUT2D eigenvalue weighted by Crippen LogP contribution is -2.49. The highest BCUT2D eigenvalue weighted by atomic mass is 19.1. The van der Waals surface area contributed by atoms with Gasteiger partial charge in [0.1, 0.15) is 23.6 Å². The van der Waals surface area contributed by atoms with Gasteiger partial charge in [0.25, 0.3) is 0 Å². The summed E-state index contributed by atoms with van der Waals surface area (Å²) in [5, 5.41) is 7.78. The van der Waals surface area contributed by atoms with Gasteiger partial charge in [-0.2, -0.15) is 0 Å². The van der Waals surface area contributed by atoms with E-state index >= 15 is 0 Å². The molecule has 0 spiro atoms. The second-order valence-corrected chi connectivity index (χ2v) is 11.8. The Hall–Kier alpha value is -2.99. The molecule has 0 saturated heterocycles. The molecule has 3 saturated carbocycles. The van der Waals surface area contributed by atoms with E-state index in [0.717, 1.165) is 23.2 Å². The molecule has 2 atom stereocenters. The number of hydrogen-bond donors (Lipinski definition) is 3. The Morgan fingerprint density at radius 2 is 1.75 bits per heavy atom. The van der Waals surface area contributed by atoms with Crippen molar-refractivity contribution in [3.8, 4) is 0 Å². The van der Waals surface area contributed by atoms with E-state index in [1.165, 1.54) is 43.7 Å². The topological polar surface area (TPSA) is 52.2 Å². The average Bonchev–Trinajstić information content (AvgIpc) is 3.28. The fourth-order valence-electron chi connectivity index (χ4n) is 6.23. The molecular weight excluding hydrogens is 454 g/mol. The summed E-state index contributed by atoms with van der Waals surface area (Å²) in [7, 11) is 0. The molecule has 3 aromatic rings. The zero-order chi connectivity index (χ0) is 25.0. The van der Waals surface area contributed by atoms with Crippen LogP contribution in [0.2, 0.25) is 0 Å². The number of aromatic amines is 1. The van der Waals surface area contributed by atoms with Crippen LogP contribution in [0.15, 0.2) is 53.7 Å². The van der Waals surface area contributed by atoms with Gasteiger partial charge in [0.2, 0.25) is 0 Å². The Kier molecular flexibility index (Phi) is 5.75. The number of hydrogen-bond acceptors (Lipinski definition) is 3. The van der Waals surface area contributed by atoms with Crippen molar-refractivity contribution in [2.75, 3.05) is 0 Å². The first-order valence-corrected chi connectivity index (χ1v) is 13.1. The molecule has 4 aliphatic rings. The van der Waals surface area contributed by atoms with E-state index in [1.807, 2.05) is 0 Å². The second kappa shape index (κ2) is 8.84. The van der Waals surface area contributed by atoms with Crippen LogP contribution >= 0.6 is 0 Å². The molecule has 2 aromatic carbocycles. The van der Waals surface area contributed by atoms with Crippen molar-refractivity contribution in [1.29, 1.82) is 0 Å². The molecule has 2 bridgehead atoms. The zero-order valence-corrected chi connectivity index (χ0v) is 21.2. The first-order valence-electron chi connectivity index (χ1n) is 13.1. The number of halogens is 2. The summed E-state index contributed by atoms with van der Waals surface area (Å²) in [6, 6.07) is 11.3. The number of amidine groups is 1. The summed E-state index contributed by atoms with van der Waals surface area (Å²) in [4.78, 5) is 7.97. The van der Waals surface area contributed by atoms with Crippen molar-refractivity contribution in [3.63, 3.8) is 0 Å². The molecule has 36 heavy (non-hydrogen) atoms. The van der Waals surface area contributed by atoms with Crippen LogP contribution in [-0.2, 0) is 5.41 Å². The molecule has 7 rings (SSSR count). The Morgan fingerprint density at radius 1 is 1.00 bits per heavy atom. The molecule has 3 N–H and O–H groups in total. The lowest BCUT2D eigenvalue weighted by molar-refractivity contribution is 0.120. The Bertz CT molecular complexity index is 1340. The van der Waals surface area contributed by atoms with Gasteiger partial charge in [-0.3, -0.25) is 5.32 Å². The maximum Gasteiger partial charge on any atom is 0.150 e. The van der Waals surface area contributed by atoms with Crippen molar-refractivity contribution < 1.29 is 8.78 Å². The molecular formula is C30H34F2N4. The summed E-state index contributed by atoms with van der Waals surface area (Å²) in [5.74, 6) is 0.920. The first kappa shape index (κ1) is 23.4. The van der Waals surface area contributed by atoms with Crippen molar-refractivity contribution in [2.45, 2.75) is 70.5 Å². The van der Waals surface area contributed by atoms with Crippen molar-refractivity contribution >= 4 is 22.4 Å². The van der Waals surface area contributed by atoms with Gasteiger partial charge >= 0.3 is 0 Å². The molecule has 2 heterocycles. The fraction of sp³-hybridized carbons (Fsp3) is 0.433. The van der Waals surface area contributed by atoms with Gasteiger partial charge in [-0.1, -0.05) is 57.9 Å². The number of H-pyrrole nitrogens is 1. The lowest BCUT2D eigenvalue weighted by Gasteiger charge is -2.43. The van der Waals surface area contributed by atoms with Gasteiger partial charge < -0.3 is 10.3 Å². The molecule has 0 radical (unpaired) electrons. The third kappa shape index (κ3) is 4.36. The molecule has 4 nitrogen and oxygen atoms in total. The van der Waals surface area contributed by atoms with E-state index in [0.29, 0.717) is 28.7 Å². The molecule has 0 amide bonds. The minimum atomic E-state index is -0.603. The minimum Gasteiger partial charge on any atom is -0.358 e. The van der Waals surface area contributed by atoms with Crippen molar-refractivity contribution in [3.05, 3.63) is 77.0 Å². The third-order valence-corrected chi connectivity index (χ3v) is 8.30. The summed E-state index contributed by atoms with van der Waals surface area (Å²) in [6.07, 6.45) is 10.1. The molecule has 3 fully saturated rings. The van der Waals surface area contributed by atoms with Crippen LogP contribution in [0.3, 0.4) is 0 Å². The van der Waals surface area contributed by atoms with E-state index in [9.17, 15) is 8.78 Å². The normalized spacial score (nSPS) is 26.0. The molecule has 2 unspecified atom stereocenters. The molecule has 1 aliphatic heterocycles. The van der Waals surface area contributed by atoms with Crippen LogP contribution in [0.1, 0.15) is 69.6 Å². The first-order chi connectivity index (χ1) is 17.2. The molecule has 188 valence electrons. The number of rotatable bonds is 4. The summed E-state index contributed by atoms with van der Waals surface area (Å²) >= 11 is 0. The second-order valence-electron chi connectivity index (χ2n) is 11.8. The number of aliphatic imine (C=N–C) groups is 1. The van der Waals surface area contributed by atoms with Gasteiger partial charge in [0.15, 0.2) is 0 Å². The Labute approximate surface area is 211 Å². The number of nitrogens with one attached hydrogen (secondary N) is 3. The van der Waals surface area contributed by atoms with Gasteiger partial charge in [-0.25, -0.2) is 13.8 Å². The van der Waals surface area contributed by atoms with Crippen LogP contribution in [0.4, 0.5) is 8.78 Å². The Balaban J connectivity index is 1.37. The highest BCUT2D eigenvalue weighted by Gasteiger charge is 2.36. The molecule has 1 aromatic heterocycles. The number of nitrogens with zero attached hydrogens (tertiary/aromatic N) is 1. The van der Waals surface area contributed by atoms with E-state index < -0.39 is 11.6 Å². The smallest absolute Gasteiger partial charge is 0.150 e. The van der Waals surface area contributed by atoms with Gasteiger partial charge in [-0.15, -0.1) is 0 Å². The third-order valence-electron chi connectivity index (χ3n) is 8.30. The van der Waals surface area contributed by atoms with Gasteiger partial charge in [0.05, 0.1) is 5.52 Å². The standard InChI is InChI=1S/C30H34F2N4/c1-30(2,3)20-10-8-19(9-11-20)26-15-27(34-25-12-17-4-6-18(25)7-5-17)36-29(35-26)23-16-33-28-22(23)13-21(31)14-24(28)32/h8-11,13-18,25,27,33-34H,4-7,12H2,1-3H3,(H,35,36). The number of fused-ring (bicyclic) bond motifs is 4. The van der Waals surface area contributed by atoms with Crippen LogP contribution < -0.4 is 10.6 Å². The van der Waals surface area contributed by atoms with Crippen LogP contribution in [-0.4, -0.2) is 23.0 Å². The van der Waals surface area contributed by atoms with E-state index in [-0.39, 0.29) is 17.1 Å². The van der Waals surface area contributed by atoms with Crippen LogP contribution in [0.25, 0.3) is 16.6 Å². The predicted octanol–water partition coefficient (Wildman–Crippen LogP) is 6.63. The highest BCUT2D eigenvalue weighted by molar-refractivity contribution is 6.13. The van der Waals surface area contributed by atoms with E-state index in [4.69, 9.17) is 4.99 Å². The van der Waals surface area contributed by atoms with Crippen LogP contribution in [0, 0.1) is 23.5 Å². The fourth-order valence-corrected chi connectivity index (χ4v) is 6.23. The van der Waals surface area contributed by atoms with Crippen molar-refractivity contribution in [2.24, 2.45) is 16.8 Å². The quantitative estimate of drug-likeness (QED) is 0.386. The number of aromatic nitrogens is 1. The molecule has 6 heteroatoms. The lowest BCUT2D eigenvalue weighted by atomic mass is 9.68. The van der Waals surface area contributed by atoms with Crippen LogP contribution in [0.5, 0.6) is 0 Å². The van der Waals surface area contributed by atoms with E-state index in [2.05, 4.69) is 66.7 Å². The Morgan fingerprint density at radius 3 is 2.42 bits per heavy atom. The summed E-state index contributed by atoms with van der Waals surface area (Å²) < 4.78 is 28.6. The largest absolute Gasteiger partial charge is 0.358 e. The average molecular weight is 489 g/mol. The maximum atomic E-state index is 14.4. The van der Waals surface area contributed by atoms with Gasteiger partial charge in [-0.05, 0) is 59.8 Å². The monoisotopic (exact) mass is 488 g/mol. The predicted molar refractivity (Wildman–Crippen MR) is 142 cm³/mol. The molecule has 3 aliphatic carbocycles. The summed E-state index contributed by atoms with van der Waals surface area (Å²) in [6.45, 7) is 6.62. The summed E-state index contributed by atoms with van der Waals surface area (Å²) in [5.41, 5.74) is 4.30. The van der Waals surface area contributed by atoms with Crippen molar-refractivity contribution in [1.82, 2.24) is 15.6 Å². The zero-order valence-electron chi connectivity index (χ0n) is 21.2. The SMILES string of the molecule is CC(C)(C)c1ccc(C2=CC(NC3CC4CCC3CC4)N=C(c3c[nH]c4c(F)cc(F)cc34)N2)cc1. The maximum absolute atomic E-state index is 14.4.